The topological polar surface area (TPSA) is 38.7 Å². The van der Waals surface area contributed by atoms with Crippen LogP contribution in [0.1, 0.15) is 26.7 Å². The monoisotopic (exact) mass is 228 g/mol. The third kappa shape index (κ3) is 3.70. The Bertz CT molecular complexity index is 322. The van der Waals surface area contributed by atoms with Gasteiger partial charge in [-0.25, -0.2) is 4.39 Å². The van der Waals surface area contributed by atoms with Gasteiger partial charge in [0.15, 0.2) is 17.9 Å². The van der Waals surface area contributed by atoms with Crippen LogP contribution >= 0.6 is 0 Å². The summed E-state index contributed by atoms with van der Waals surface area (Å²) in [6.45, 7) is 4.45. The number of phenolic OH excluding ortho intramolecular Hbond substituents is 1. The summed E-state index contributed by atoms with van der Waals surface area (Å²) in [6.07, 6.45) is 1.31. The fraction of sp³-hybridized carbons (Fsp3) is 0.500. The standard InChI is InChI=1S/C12H17FO3/c1-3-5-12(15-4-2)16-9-6-7-11(14)10(13)8-9/h6-8,12,14H,3-5H2,1-2H3/t12-/m1/s1. The zero-order valence-corrected chi connectivity index (χ0v) is 9.57. The van der Waals surface area contributed by atoms with Crippen molar-refractivity contribution in [3.8, 4) is 11.5 Å². The molecule has 16 heavy (non-hydrogen) atoms. The highest BCUT2D eigenvalue weighted by Gasteiger charge is 2.10. The molecule has 1 N–H and O–H groups in total. The van der Waals surface area contributed by atoms with Crippen molar-refractivity contribution in [3.63, 3.8) is 0 Å². The predicted molar refractivity (Wildman–Crippen MR) is 59.0 cm³/mol. The molecule has 1 aromatic carbocycles. The first-order valence-corrected chi connectivity index (χ1v) is 5.44. The Morgan fingerprint density at radius 3 is 2.69 bits per heavy atom. The van der Waals surface area contributed by atoms with Crippen molar-refractivity contribution in [3.05, 3.63) is 24.0 Å². The van der Waals surface area contributed by atoms with E-state index in [0.29, 0.717) is 12.4 Å². The second-order valence-electron chi connectivity index (χ2n) is 3.40. The molecule has 0 heterocycles. The Balaban J connectivity index is 2.65. The zero-order chi connectivity index (χ0) is 12.0. The van der Waals surface area contributed by atoms with Gasteiger partial charge in [-0.3, -0.25) is 0 Å². The molecule has 4 heteroatoms. The number of benzene rings is 1. The number of rotatable bonds is 6. The van der Waals surface area contributed by atoms with E-state index in [-0.39, 0.29) is 12.0 Å². The largest absolute Gasteiger partial charge is 0.505 e. The lowest BCUT2D eigenvalue weighted by atomic mass is 10.3. The van der Waals surface area contributed by atoms with Crippen LogP contribution in [-0.2, 0) is 4.74 Å². The van der Waals surface area contributed by atoms with Gasteiger partial charge in [-0.05, 0) is 19.1 Å². The summed E-state index contributed by atoms with van der Waals surface area (Å²) < 4.78 is 23.8. The highest BCUT2D eigenvalue weighted by molar-refractivity contribution is 5.31. The van der Waals surface area contributed by atoms with Crippen LogP contribution in [0.25, 0.3) is 0 Å². The molecule has 0 aliphatic heterocycles. The third-order valence-corrected chi connectivity index (χ3v) is 2.06. The average molecular weight is 228 g/mol. The van der Waals surface area contributed by atoms with Crippen molar-refractivity contribution in [2.24, 2.45) is 0 Å². The summed E-state index contributed by atoms with van der Waals surface area (Å²) in [5.74, 6) is -0.706. The number of hydrogen-bond acceptors (Lipinski definition) is 3. The first-order chi connectivity index (χ1) is 7.67. The lowest BCUT2D eigenvalue weighted by Crippen LogP contribution is -2.20. The quantitative estimate of drug-likeness (QED) is 0.760. The van der Waals surface area contributed by atoms with Crippen molar-refractivity contribution >= 4 is 0 Å². The van der Waals surface area contributed by atoms with Crippen molar-refractivity contribution < 1.29 is 19.0 Å². The summed E-state index contributed by atoms with van der Waals surface area (Å²) in [6, 6.07) is 3.93. The van der Waals surface area contributed by atoms with Gasteiger partial charge in [0.05, 0.1) is 0 Å². The lowest BCUT2D eigenvalue weighted by Gasteiger charge is -2.18. The Morgan fingerprint density at radius 1 is 1.38 bits per heavy atom. The minimum Gasteiger partial charge on any atom is -0.505 e. The van der Waals surface area contributed by atoms with E-state index >= 15 is 0 Å². The van der Waals surface area contributed by atoms with Crippen molar-refractivity contribution in [1.29, 1.82) is 0 Å². The van der Waals surface area contributed by atoms with Gasteiger partial charge in [0, 0.05) is 19.1 Å². The normalized spacial score (nSPS) is 12.4. The molecule has 0 bridgehead atoms. The molecule has 1 atom stereocenters. The van der Waals surface area contributed by atoms with E-state index < -0.39 is 5.82 Å². The van der Waals surface area contributed by atoms with Gasteiger partial charge in [0.2, 0.25) is 0 Å². The van der Waals surface area contributed by atoms with Crippen LogP contribution in [0.5, 0.6) is 11.5 Å². The minimum absolute atomic E-state index is 0.362. The van der Waals surface area contributed by atoms with Crippen LogP contribution in [0, 0.1) is 5.82 Å². The van der Waals surface area contributed by atoms with E-state index in [0.717, 1.165) is 18.9 Å². The third-order valence-electron chi connectivity index (χ3n) is 2.06. The molecule has 0 saturated heterocycles. The summed E-state index contributed by atoms with van der Waals surface area (Å²) >= 11 is 0. The summed E-state index contributed by atoms with van der Waals surface area (Å²) in [7, 11) is 0. The summed E-state index contributed by atoms with van der Waals surface area (Å²) in [5.41, 5.74) is 0. The van der Waals surface area contributed by atoms with Gasteiger partial charge in [0.1, 0.15) is 5.75 Å². The van der Waals surface area contributed by atoms with Crippen molar-refractivity contribution in [2.45, 2.75) is 33.0 Å². The molecule has 0 radical (unpaired) electrons. The minimum atomic E-state index is -0.691. The van der Waals surface area contributed by atoms with Gasteiger partial charge in [-0.2, -0.15) is 0 Å². The van der Waals surface area contributed by atoms with Gasteiger partial charge in [0.25, 0.3) is 0 Å². The van der Waals surface area contributed by atoms with E-state index in [1.165, 1.54) is 12.1 Å². The molecular weight excluding hydrogens is 211 g/mol. The van der Waals surface area contributed by atoms with Crippen LogP contribution in [0.3, 0.4) is 0 Å². The number of hydrogen-bond donors (Lipinski definition) is 1. The van der Waals surface area contributed by atoms with Crippen LogP contribution in [-0.4, -0.2) is 18.0 Å². The Hall–Kier alpha value is -1.29. The number of aromatic hydroxyl groups is 1. The Morgan fingerprint density at radius 2 is 2.12 bits per heavy atom. The second kappa shape index (κ2) is 6.33. The first kappa shape index (κ1) is 12.8. The van der Waals surface area contributed by atoms with Gasteiger partial charge < -0.3 is 14.6 Å². The molecule has 0 aliphatic carbocycles. The summed E-state index contributed by atoms with van der Waals surface area (Å²) in [4.78, 5) is 0. The predicted octanol–water partition coefficient (Wildman–Crippen LogP) is 3.07. The molecule has 3 nitrogen and oxygen atoms in total. The maximum absolute atomic E-state index is 13.0. The first-order valence-electron chi connectivity index (χ1n) is 5.44. The molecule has 0 fully saturated rings. The molecule has 0 unspecified atom stereocenters. The maximum Gasteiger partial charge on any atom is 0.199 e. The molecule has 1 rings (SSSR count). The van der Waals surface area contributed by atoms with E-state index in [1.54, 1.807) is 0 Å². The van der Waals surface area contributed by atoms with E-state index in [1.807, 2.05) is 13.8 Å². The lowest BCUT2D eigenvalue weighted by molar-refractivity contribution is -0.0800. The van der Waals surface area contributed by atoms with Gasteiger partial charge >= 0.3 is 0 Å². The summed E-state index contributed by atoms with van der Waals surface area (Å²) in [5, 5.41) is 9.02. The number of phenols is 1. The van der Waals surface area contributed by atoms with Crippen LogP contribution in [0.4, 0.5) is 4.39 Å². The average Bonchev–Trinajstić information content (AvgIpc) is 2.24. The van der Waals surface area contributed by atoms with Crippen molar-refractivity contribution in [2.75, 3.05) is 6.61 Å². The van der Waals surface area contributed by atoms with Crippen LogP contribution < -0.4 is 4.74 Å². The van der Waals surface area contributed by atoms with Crippen molar-refractivity contribution in [1.82, 2.24) is 0 Å². The Kier molecular flexibility index (Phi) is 5.05. The molecular formula is C12H17FO3. The van der Waals surface area contributed by atoms with Crippen LogP contribution in [0.2, 0.25) is 0 Å². The molecule has 1 aromatic rings. The maximum atomic E-state index is 13.0. The Labute approximate surface area is 94.8 Å². The van der Waals surface area contributed by atoms with E-state index in [2.05, 4.69) is 0 Å². The number of ether oxygens (including phenoxy) is 2. The smallest absolute Gasteiger partial charge is 0.199 e. The fourth-order valence-electron chi connectivity index (χ4n) is 1.31. The second-order valence-corrected chi connectivity index (χ2v) is 3.40. The molecule has 0 amide bonds. The fourth-order valence-corrected chi connectivity index (χ4v) is 1.31. The van der Waals surface area contributed by atoms with Gasteiger partial charge in [-0.15, -0.1) is 0 Å². The number of halogens is 1. The van der Waals surface area contributed by atoms with Crippen LogP contribution in [0.15, 0.2) is 18.2 Å². The molecule has 0 aromatic heterocycles. The molecule has 0 saturated carbocycles. The van der Waals surface area contributed by atoms with E-state index in [4.69, 9.17) is 14.6 Å². The SMILES string of the molecule is CCC[C@H](OCC)Oc1ccc(O)c(F)c1. The molecule has 0 spiro atoms. The molecule has 90 valence electrons. The zero-order valence-electron chi connectivity index (χ0n) is 9.57. The van der Waals surface area contributed by atoms with Gasteiger partial charge in [-0.1, -0.05) is 13.3 Å². The molecule has 0 aliphatic rings. The van der Waals surface area contributed by atoms with E-state index in [9.17, 15) is 4.39 Å². The highest BCUT2D eigenvalue weighted by atomic mass is 19.1. The highest BCUT2D eigenvalue weighted by Crippen LogP contribution is 2.22.